The number of hydrogen-bond donors (Lipinski definition) is 0. The second-order valence-electron chi connectivity index (χ2n) is 4.13. The Balaban J connectivity index is 0.000000686. The molecule has 1 heterocycles. The fraction of sp³-hybridized carbons (Fsp3) is 0.667. The van der Waals surface area contributed by atoms with Gasteiger partial charge in [0, 0.05) is 30.7 Å². The maximum absolute atomic E-state index is 4.50. The van der Waals surface area contributed by atoms with Crippen molar-refractivity contribution in [2.45, 2.75) is 53.4 Å². The van der Waals surface area contributed by atoms with Gasteiger partial charge < -0.3 is 4.90 Å². The van der Waals surface area contributed by atoms with E-state index in [-0.39, 0.29) is 0 Å². The Morgan fingerprint density at radius 3 is 2.41 bits per heavy atom. The third-order valence-electron chi connectivity index (χ3n) is 3.31. The van der Waals surface area contributed by atoms with Crippen molar-refractivity contribution in [1.82, 2.24) is 4.98 Å². The maximum atomic E-state index is 4.50. The molecule has 0 saturated heterocycles. The monoisotopic (exact) mass is 234 g/mol. The van der Waals surface area contributed by atoms with Crippen LogP contribution < -0.4 is 4.90 Å². The molecule has 0 N–H and O–H groups in total. The van der Waals surface area contributed by atoms with Gasteiger partial charge in [0.2, 0.25) is 0 Å². The average Bonchev–Trinajstić information content (AvgIpc) is 2.43. The molecule has 0 spiro atoms. The van der Waals surface area contributed by atoms with Gasteiger partial charge in [-0.2, -0.15) is 0 Å². The van der Waals surface area contributed by atoms with Crippen LogP contribution in [0.15, 0.2) is 12.3 Å². The summed E-state index contributed by atoms with van der Waals surface area (Å²) in [5.74, 6) is 0. The van der Waals surface area contributed by atoms with E-state index >= 15 is 0 Å². The fourth-order valence-electron chi connectivity index (χ4n) is 2.47. The number of pyridine rings is 1. The predicted octanol–water partition coefficient (Wildman–Crippen LogP) is 3.83. The molecule has 1 aliphatic carbocycles. The van der Waals surface area contributed by atoms with Crippen LogP contribution in [0.1, 0.15) is 51.8 Å². The van der Waals surface area contributed by atoms with Crippen LogP contribution in [0, 0.1) is 0 Å². The molecule has 0 aromatic carbocycles. The van der Waals surface area contributed by atoms with E-state index in [2.05, 4.69) is 29.8 Å². The molecule has 0 atom stereocenters. The number of rotatable bonds is 3. The molecule has 96 valence electrons. The Hall–Kier alpha value is -1.05. The molecular formula is C15H26N2. The van der Waals surface area contributed by atoms with E-state index in [1.807, 2.05) is 20.0 Å². The largest absolute Gasteiger partial charge is 0.372 e. The zero-order chi connectivity index (χ0) is 12.7. The molecule has 0 bridgehead atoms. The summed E-state index contributed by atoms with van der Waals surface area (Å²) in [6, 6.07) is 2.18. The molecule has 0 unspecified atom stereocenters. The lowest BCUT2D eigenvalue weighted by atomic mass is 9.94. The Bertz CT molecular complexity index is 330. The van der Waals surface area contributed by atoms with Gasteiger partial charge in [-0.3, -0.25) is 4.98 Å². The minimum Gasteiger partial charge on any atom is -0.372 e. The lowest BCUT2D eigenvalue weighted by molar-refractivity contribution is 0.663. The van der Waals surface area contributed by atoms with Crippen molar-refractivity contribution < 1.29 is 0 Å². The molecular weight excluding hydrogens is 208 g/mol. The summed E-state index contributed by atoms with van der Waals surface area (Å²) < 4.78 is 0. The van der Waals surface area contributed by atoms with Crippen LogP contribution in [0.2, 0.25) is 0 Å². The van der Waals surface area contributed by atoms with Gasteiger partial charge in [0.15, 0.2) is 0 Å². The van der Waals surface area contributed by atoms with Crippen LogP contribution in [0.4, 0.5) is 5.69 Å². The summed E-state index contributed by atoms with van der Waals surface area (Å²) in [5.41, 5.74) is 4.27. The molecule has 1 aromatic rings. The highest BCUT2D eigenvalue weighted by Gasteiger charge is 2.16. The van der Waals surface area contributed by atoms with Crippen molar-refractivity contribution in [3.05, 3.63) is 23.5 Å². The predicted molar refractivity (Wildman–Crippen MR) is 75.8 cm³/mol. The van der Waals surface area contributed by atoms with E-state index in [1.165, 1.54) is 42.6 Å². The van der Waals surface area contributed by atoms with E-state index in [9.17, 15) is 0 Å². The molecule has 1 aromatic heterocycles. The second-order valence-corrected chi connectivity index (χ2v) is 4.13. The van der Waals surface area contributed by atoms with E-state index in [0.29, 0.717) is 0 Å². The van der Waals surface area contributed by atoms with Gasteiger partial charge >= 0.3 is 0 Å². The molecule has 0 aliphatic heterocycles. The molecule has 0 amide bonds. The van der Waals surface area contributed by atoms with Crippen molar-refractivity contribution in [1.29, 1.82) is 0 Å². The minimum atomic E-state index is 1.09. The smallest absolute Gasteiger partial charge is 0.0456 e. The molecule has 17 heavy (non-hydrogen) atoms. The third kappa shape index (κ3) is 3.21. The molecule has 0 radical (unpaired) electrons. The van der Waals surface area contributed by atoms with Crippen molar-refractivity contribution in [2.75, 3.05) is 18.0 Å². The number of anilines is 1. The third-order valence-corrected chi connectivity index (χ3v) is 3.31. The van der Waals surface area contributed by atoms with Crippen molar-refractivity contribution >= 4 is 5.69 Å². The van der Waals surface area contributed by atoms with E-state index in [4.69, 9.17) is 0 Å². The highest BCUT2D eigenvalue weighted by atomic mass is 15.1. The molecule has 2 nitrogen and oxygen atoms in total. The topological polar surface area (TPSA) is 16.1 Å². The molecule has 1 aliphatic rings. The first-order chi connectivity index (χ1) is 8.36. The van der Waals surface area contributed by atoms with Crippen molar-refractivity contribution in [3.63, 3.8) is 0 Å². The van der Waals surface area contributed by atoms with Crippen LogP contribution in [0.25, 0.3) is 0 Å². The molecule has 2 heteroatoms. The SMILES string of the molecule is CC.CCN(CC)c1ccnc2c1CCCC2. The molecule has 0 saturated carbocycles. The lowest BCUT2D eigenvalue weighted by Gasteiger charge is -2.27. The number of aromatic nitrogens is 1. The summed E-state index contributed by atoms with van der Waals surface area (Å²) in [7, 11) is 0. The number of nitrogens with zero attached hydrogens (tertiary/aromatic N) is 2. The van der Waals surface area contributed by atoms with Gasteiger partial charge in [-0.25, -0.2) is 0 Å². The summed E-state index contributed by atoms with van der Waals surface area (Å²) in [4.78, 5) is 6.94. The Labute approximate surface area is 106 Å². The van der Waals surface area contributed by atoms with Crippen LogP contribution in [0.5, 0.6) is 0 Å². The van der Waals surface area contributed by atoms with Gasteiger partial charge in [-0.1, -0.05) is 13.8 Å². The van der Waals surface area contributed by atoms with E-state index in [0.717, 1.165) is 13.1 Å². The van der Waals surface area contributed by atoms with Gasteiger partial charge in [0.05, 0.1) is 0 Å². The first kappa shape index (κ1) is 14.0. The van der Waals surface area contributed by atoms with Crippen molar-refractivity contribution in [2.24, 2.45) is 0 Å². The average molecular weight is 234 g/mol. The highest BCUT2D eigenvalue weighted by Crippen LogP contribution is 2.28. The molecule has 0 fully saturated rings. The Morgan fingerprint density at radius 1 is 1.12 bits per heavy atom. The number of hydrogen-bond acceptors (Lipinski definition) is 2. The standard InChI is InChI=1S/C13H20N2.C2H6/c1-3-15(4-2)13-9-10-14-12-8-6-5-7-11(12)13;1-2/h9-10H,3-8H2,1-2H3;1-2H3. The Kier molecular flexibility index (Phi) is 6.03. The van der Waals surface area contributed by atoms with Gasteiger partial charge in [-0.05, 0) is 51.2 Å². The first-order valence-corrected chi connectivity index (χ1v) is 7.08. The summed E-state index contributed by atoms with van der Waals surface area (Å²) in [6.07, 6.45) is 6.99. The zero-order valence-electron chi connectivity index (χ0n) is 11.8. The van der Waals surface area contributed by atoms with E-state index in [1.54, 1.807) is 0 Å². The fourth-order valence-corrected chi connectivity index (χ4v) is 2.47. The highest BCUT2D eigenvalue weighted by molar-refractivity contribution is 5.55. The van der Waals surface area contributed by atoms with Crippen molar-refractivity contribution in [3.8, 4) is 0 Å². The van der Waals surface area contributed by atoms with Crippen LogP contribution >= 0.6 is 0 Å². The summed E-state index contributed by atoms with van der Waals surface area (Å²) in [5, 5.41) is 0. The van der Waals surface area contributed by atoms with Crippen LogP contribution in [0.3, 0.4) is 0 Å². The maximum Gasteiger partial charge on any atom is 0.0456 e. The van der Waals surface area contributed by atoms with Gasteiger partial charge in [0.1, 0.15) is 0 Å². The summed E-state index contributed by atoms with van der Waals surface area (Å²) in [6.45, 7) is 10.6. The molecule has 2 rings (SSSR count). The number of aryl methyl sites for hydroxylation is 1. The second kappa shape index (κ2) is 7.31. The lowest BCUT2D eigenvalue weighted by Crippen LogP contribution is -2.24. The van der Waals surface area contributed by atoms with Crippen LogP contribution in [-0.4, -0.2) is 18.1 Å². The Morgan fingerprint density at radius 2 is 1.76 bits per heavy atom. The number of fused-ring (bicyclic) bond motifs is 1. The normalized spacial score (nSPS) is 13.4. The zero-order valence-corrected chi connectivity index (χ0v) is 11.8. The quantitative estimate of drug-likeness (QED) is 0.790. The van der Waals surface area contributed by atoms with Gasteiger partial charge in [0.25, 0.3) is 0 Å². The van der Waals surface area contributed by atoms with Gasteiger partial charge in [-0.15, -0.1) is 0 Å². The summed E-state index contributed by atoms with van der Waals surface area (Å²) >= 11 is 0. The van der Waals surface area contributed by atoms with Crippen LogP contribution in [-0.2, 0) is 12.8 Å². The van der Waals surface area contributed by atoms with E-state index < -0.39 is 0 Å². The first-order valence-electron chi connectivity index (χ1n) is 7.08. The minimum absolute atomic E-state index is 1.09.